The molecule has 2 nitrogen and oxygen atoms in total. The Bertz CT molecular complexity index is 3050. The zero-order valence-electron chi connectivity index (χ0n) is 31.2. The largest absolute Gasteiger partial charge is 0.309 e. The third-order valence-corrected chi connectivity index (χ3v) is 12.0. The van der Waals surface area contributed by atoms with Crippen LogP contribution in [0.3, 0.4) is 0 Å². The summed E-state index contributed by atoms with van der Waals surface area (Å²) in [6.07, 6.45) is 0.946. The lowest BCUT2D eigenvalue weighted by Crippen LogP contribution is -2.13. The molecular weight excluding hydrogens is 677 g/mol. The van der Waals surface area contributed by atoms with Crippen LogP contribution in [0.1, 0.15) is 39.3 Å². The van der Waals surface area contributed by atoms with E-state index >= 15 is 0 Å². The molecule has 0 saturated heterocycles. The van der Waals surface area contributed by atoms with Gasteiger partial charge in [0.2, 0.25) is 0 Å². The molecule has 11 rings (SSSR count). The van der Waals surface area contributed by atoms with Crippen molar-refractivity contribution in [2.24, 2.45) is 4.99 Å². The fraction of sp³-hybridized carbons (Fsp3) is 0.0556. The lowest BCUT2D eigenvalue weighted by atomic mass is 9.75. The summed E-state index contributed by atoms with van der Waals surface area (Å²) in [4.78, 5) is 5.28. The van der Waals surface area contributed by atoms with Gasteiger partial charge < -0.3 is 4.57 Å². The van der Waals surface area contributed by atoms with Gasteiger partial charge in [-0.05, 0) is 111 Å². The van der Waals surface area contributed by atoms with Crippen molar-refractivity contribution in [3.8, 4) is 39.1 Å². The maximum Gasteiger partial charge on any atom is 0.0788 e. The molecule has 1 heterocycles. The first kappa shape index (κ1) is 32.4. The van der Waals surface area contributed by atoms with Gasteiger partial charge in [0.15, 0.2) is 0 Å². The van der Waals surface area contributed by atoms with Crippen LogP contribution in [0.5, 0.6) is 0 Å². The van der Waals surface area contributed by atoms with E-state index in [2.05, 4.69) is 200 Å². The summed E-state index contributed by atoms with van der Waals surface area (Å²) in [7, 11) is 0. The Kier molecular flexibility index (Phi) is 7.40. The zero-order chi connectivity index (χ0) is 37.3. The second kappa shape index (κ2) is 12.8. The van der Waals surface area contributed by atoms with Crippen molar-refractivity contribution < 1.29 is 0 Å². The van der Waals surface area contributed by atoms with Gasteiger partial charge in [-0.3, -0.25) is 0 Å². The number of benzene rings is 8. The number of hydrogen-bond donors (Lipinski definition) is 0. The van der Waals surface area contributed by atoms with Crippen LogP contribution in [0.4, 0.5) is 5.69 Å². The molecule has 0 radical (unpaired) electrons. The molecule has 264 valence electrons. The lowest BCUT2D eigenvalue weighted by molar-refractivity contribution is 0.793. The van der Waals surface area contributed by atoms with Crippen LogP contribution in [0.15, 0.2) is 194 Å². The first-order chi connectivity index (χ1) is 27.6. The van der Waals surface area contributed by atoms with E-state index < -0.39 is 0 Å². The lowest BCUT2D eigenvalue weighted by Gasteiger charge is -2.29. The normalized spacial score (nSPS) is 15.1. The Morgan fingerprint density at radius 2 is 1.16 bits per heavy atom. The second-order valence-electron chi connectivity index (χ2n) is 15.2. The summed E-state index contributed by atoms with van der Waals surface area (Å²) in [6, 6.07) is 66.7. The Balaban J connectivity index is 1.16. The monoisotopic (exact) mass is 714 g/mol. The number of nitrogens with zero attached hydrogens (tertiary/aromatic N) is 2. The van der Waals surface area contributed by atoms with Crippen LogP contribution < -0.4 is 0 Å². The van der Waals surface area contributed by atoms with Gasteiger partial charge in [-0.25, -0.2) is 4.99 Å². The highest BCUT2D eigenvalue weighted by Crippen LogP contribution is 2.46. The zero-order valence-corrected chi connectivity index (χ0v) is 31.2. The van der Waals surface area contributed by atoms with Crippen LogP contribution >= 0.6 is 0 Å². The third-order valence-electron chi connectivity index (χ3n) is 12.0. The van der Waals surface area contributed by atoms with Gasteiger partial charge in [0.1, 0.15) is 0 Å². The Hall–Kier alpha value is -7.03. The van der Waals surface area contributed by atoms with E-state index in [1.165, 1.54) is 77.6 Å². The summed E-state index contributed by atoms with van der Waals surface area (Å²) in [5.74, 6) is 0.197. The standard InChI is InChI=1S/C54H38N2/c1-34-15-3-12-24-51(34)55-54-35(2)41-17-6-7-19-43(41)50-32-36(27-28-48(50)54)38-29-39(49-33-37-16-4-5-18-42(37)44-20-8-9-21-45(44)49)31-40(30-38)56-52-25-13-10-22-46(52)47-23-11-14-26-53(47)56/h3-32,49H,2,33H2,1H3. The molecule has 0 spiro atoms. The SMILES string of the molecule is C=C1C(=Nc2ccccc2C)c2ccc(-c3cc(C4Cc5ccccc5-c5ccccc54)cc(-n4c5ccccc5c5ccccc54)c3)cc2-c2ccccc21. The molecule has 56 heavy (non-hydrogen) atoms. The van der Waals surface area contributed by atoms with Gasteiger partial charge in [0, 0.05) is 33.5 Å². The van der Waals surface area contributed by atoms with Crippen molar-refractivity contribution in [1.29, 1.82) is 0 Å². The number of aromatic nitrogens is 1. The second-order valence-corrected chi connectivity index (χ2v) is 15.2. The highest BCUT2D eigenvalue weighted by molar-refractivity contribution is 6.37. The Morgan fingerprint density at radius 3 is 1.95 bits per heavy atom. The van der Waals surface area contributed by atoms with E-state index in [1.54, 1.807) is 0 Å². The molecule has 0 bridgehead atoms. The molecule has 1 atom stereocenters. The number of aryl methyl sites for hydroxylation is 1. The molecule has 1 aromatic heterocycles. The van der Waals surface area contributed by atoms with Crippen LogP contribution in [-0.2, 0) is 6.42 Å². The molecule has 2 heteroatoms. The number of para-hydroxylation sites is 3. The van der Waals surface area contributed by atoms with Crippen LogP contribution in [0.2, 0.25) is 0 Å². The fourth-order valence-electron chi connectivity index (χ4n) is 9.33. The first-order valence-corrected chi connectivity index (χ1v) is 19.5. The van der Waals surface area contributed by atoms with Gasteiger partial charge in [0.05, 0.1) is 22.4 Å². The Labute approximate surface area is 327 Å². The van der Waals surface area contributed by atoms with Crippen molar-refractivity contribution in [2.75, 3.05) is 0 Å². The fourth-order valence-corrected chi connectivity index (χ4v) is 9.33. The first-order valence-electron chi connectivity index (χ1n) is 19.5. The number of hydrogen-bond acceptors (Lipinski definition) is 1. The van der Waals surface area contributed by atoms with E-state index in [9.17, 15) is 0 Å². The molecule has 0 saturated carbocycles. The summed E-state index contributed by atoms with van der Waals surface area (Å²) in [5.41, 5.74) is 21.3. The molecule has 2 aliphatic carbocycles. The molecule has 0 N–H and O–H groups in total. The van der Waals surface area contributed by atoms with E-state index in [1.807, 2.05) is 0 Å². The van der Waals surface area contributed by atoms with Crippen molar-refractivity contribution in [3.05, 3.63) is 222 Å². The predicted molar refractivity (Wildman–Crippen MR) is 235 cm³/mol. The van der Waals surface area contributed by atoms with Crippen LogP contribution in [0.25, 0.3) is 66.4 Å². The van der Waals surface area contributed by atoms with E-state index in [4.69, 9.17) is 4.99 Å². The minimum absolute atomic E-state index is 0.197. The van der Waals surface area contributed by atoms with Gasteiger partial charge in [-0.1, -0.05) is 152 Å². The van der Waals surface area contributed by atoms with Gasteiger partial charge in [-0.2, -0.15) is 0 Å². The molecule has 8 aromatic carbocycles. The number of fused-ring (bicyclic) bond motifs is 9. The summed E-state index contributed by atoms with van der Waals surface area (Å²) >= 11 is 0. The Morgan fingerprint density at radius 1 is 0.518 bits per heavy atom. The molecular formula is C54H38N2. The number of rotatable bonds is 4. The summed E-state index contributed by atoms with van der Waals surface area (Å²) < 4.78 is 2.46. The quantitative estimate of drug-likeness (QED) is 0.173. The molecule has 1 unspecified atom stereocenters. The maximum absolute atomic E-state index is 5.28. The highest BCUT2D eigenvalue weighted by Gasteiger charge is 2.28. The predicted octanol–water partition coefficient (Wildman–Crippen LogP) is 13.9. The average Bonchev–Trinajstić information content (AvgIpc) is 3.59. The number of allylic oxidation sites excluding steroid dienone is 1. The molecule has 0 fully saturated rings. The van der Waals surface area contributed by atoms with Crippen molar-refractivity contribution >= 4 is 38.8 Å². The number of aliphatic imine (C=N–C) groups is 1. The van der Waals surface area contributed by atoms with E-state index in [-0.39, 0.29) is 5.92 Å². The van der Waals surface area contributed by atoms with Crippen LogP contribution in [-0.4, -0.2) is 10.3 Å². The smallest absolute Gasteiger partial charge is 0.0788 e. The van der Waals surface area contributed by atoms with Crippen molar-refractivity contribution in [3.63, 3.8) is 0 Å². The average molecular weight is 715 g/mol. The summed E-state index contributed by atoms with van der Waals surface area (Å²) in [5, 5.41) is 2.52. The minimum atomic E-state index is 0.197. The molecule has 2 aliphatic rings. The van der Waals surface area contributed by atoms with Crippen molar-refractivity contribution in [1.82, 2.24) is 4.57 Å². The minimum Gasteiger partial charge on any atom is -0.309 e. The molecule has 0 amide bonds. The van der Waals surface area contributed by atoms with E-state index in [0.717, 1.165) is 40.1 Å². The maximum atomic E-state index is 5.28. The van der Waals surface area contributed by atoms with E-state index in [0.29, 0.717) is 0 Å². The summed E-state index contributed by atoms with van der Waals surface area (Å²) in [6.45, 7) is 6.72. The van der Waals surface area contributed by atoms with Gasteiger partial charge >= 0.3 is 0 Å². The van der Waals surface area contributed by atoms with Gasteiger partial charge in [0.25, 0.3) is 0 Å². The third kappa shape index (κ3) is 5.07. The van der Waals surface area contributed by atoms with Crippen LogP contribution in [0, 0.1) is 6.92 Å². The highest BCUT2D eigenvalue weighted by atomic mass is 15.0. The molecule has 9 aromatic rings. The van der Waals surface area contributed by atoms with Gasteiger partial charge in [-0.15, -0.1) is 0 Å². The molecule has 0 aliphatic heterocycles. The topological polar surface area (TPSA) is 17.3 Å². The van der Waals surface area contributed by atoms with Crippen molar-refractivity contribution in [2.45, 2.75) is 19.3 Å².